The molecule has 186 valence electrons. The SMILES string of the molecule is CCCCCCCC(=O)O[C@@H]1C/C=C(\C)C[C@@H]2O[C@H]3[C@H]4[C@@H](C[C@@H](C)C(=O)[C@H]42)[C@@H](C)CO[C@@]13C. The number of carbonyl (C=O) groups excluding carboxylic acids is 2. The van der Waals surface area contributed by atoms with E-state index in [9.17, 15) is 9.59 Å². The first-order valence-electron chi connectivity index (χ1n) is 13.4. The van der Waals surface area contributed by atoms with Gasteiger partial charge in [-0.2, -0.15) is 0 Å². The molecule has 0 spiro atoms. The Morgan fingerprint density at radius 1 is 1.21 bits per heavy atom. The van der Waals surface area contributed by atoms with Gasteiger partial charge in [-0.25, -0.2) is 0 Å². The summed E-state index contributed by atoms with van der Waals surface area (Å²) in [7, 11) is 0. The molecule has 0 aromatic carbocycles. The van der Waals surface area contributed by atoms with E-state index in [1.54, 1.807) is 0 Å². The van der Waals surface area contributed by atoms with Crippen molar-refractivity contribution in [2.24, 2.45) is 29.6 Å². The molecule has 1 aliphatic carbocycles. The van der Waals surface area contributed by atoms with Crippen LogP contribution in [0.1, 0.15) is 92.4 Å². The fraction of sp³-hybridized carbons (Fsp3) is 0.857. The predicted molar refractivity (Wildman–Crippen MR) is 128 cm³/mol. The molecule has 2 saturated heterocycles. The molecule has 0 amide bonds. The van der Waals surface area contributed by atoms with Crippen LogP contribution in [0.4, 0.5) is 0 Å². The van der Waals surface area contributed by atoms with Gasteiger partial charge in [0.05, 0.1) is 24.7 Å². The molecule has 0 unspecified atom stereocenters. The van der Waals surface area contributed by atoms with Gasteiger partial charge in [0.1, 0.15) is 17.5 Å². The molecule has 2 bridgehead atoms. The van der Waals surface area contributed by atoms with Gasteiger partial charge >= 0.3 is 5.97 Å². The molecule has 0 radical (unpaired) electrons. The Kier molecular flexibility index (Phi) is 7.69. The lowest BCUT2D eigenvalue weighted by atomic mass is 9.60. The molecule has 9 atom stereocenters. The first-order valence-corrected chi connectivity index (χ1v) is 13.4. The molecule has 0 N–H and O–H groups in total. The van der Waals surface area contributed by atoms with Crippen molar-refractivity contribution in [2.45, 2.75) is 116 Å². The lowest BCUT2D eigenvalue weighted by Crippen LogP contribution is -2.56. The summed E-state index contributed by atoms with van der Waals surface area (Å²) in [6.07, 6.45) is 9.73. The van der Waals surface area contributed by atoms with Gasteiger partial charge in [-0.05, 0) is 44.9 Å². The van der Waals surface area contributed by atoms with Crippen LogP contribution in [0, 0.1) is 29.6 Å². The van der Waals surface area contributed by atoms with E-state index in [1.165, 1.54) is 24.8 Å². The zero-order valence-electron chi connectivity index (χ0n) is 21.3. The number of Topliss-reactive ketones (excluding diaryl/α,β-unsaturated/α-hetero) is 1. The Balaban J connectivity index is 1.60. The van der Waals surface area contributed by atoms with Gasteiger partial charge in [0.2, 0.25) is 0 Å². The second-order valence-electron chi connectivity index (χ2n) is 11.5. The van der Waals surface area contributed by atoms with Crippen LogP contribution < -0.4 is 0 Å². The zero-order chi connectivity index (χ0) is 23.8. The van der Waals surface area contributed by atoms with Crippen molar-refractivity contribution in [1.82, 2.24) is 0 Å². The number of hydrogen-bond donors (Lipinski definition) is 0. The smallest absolute Gasteiger partial charge is 0.306 e. The Morgan fingerprint density at radius 2 is 1.97 bits per heavy atom. The van der Waals surface area contributed by atoms with E-state index in [1.807, 2.05) is 0 Å². The van der Waals surface area contributed by atoms with Crippen molar-refractivity contribution in [2.75, 3.05) is 6.61 Å². The standard InChI is InChI=1S/C28H44O5/c1-6-7-8-9-10-11-23(29)33-22-13-12-17(2)14-21-25-24-20(15-18(3)26(25)30)19(4)16-31-28(22,5)27(24)32-21/h12,18-22,24-25,27H,6-11,13-16H2,1-5H3/b17-12+/t18-,19+,20+,21+,22-,24+,25+,27+,28+/m1/s1. The summed E-state index contributed by atoms with van der Waals surface area (Å²) < 4.78 is 19.5. The van der Waals surface area contributed by atoms with E-state index >= 15 is 0 Å². The Labute approximate surface area is 200 Å². The molecule has 5 heteroatoms. The molecular formula is C28H44O5. The summed E-state index contributed by atoms with van der Waals surface area (Å²) in [5.41, 5.74) is 0.458. The average Bonchev–Trinajstić information content (AvgIpc) is 3.13. The third kappa shape index (κ3) is 4.82. The predicted octanol–water partition coefficient (Wildman–Crippen LogP) is 5.65. The highest BCUT2D eigenvalue weighted by molar-refractivity contribution is 5.85. The maximum Gasteiger partial charge on any atom is 0.306 e. The number of ketones is 1. The summed E-state index contributed by atoms with van der Waals surface area (Å²) in [6.45, 7) is 11.3. The number of esters is 1. The molecule has 3 aliphatic heterocycles. The lowest BCUT2D eigenvalue weighted by molar-refractivity contribution is -0.202. The fourth-order valence-corrected chi connectivity index (χ4v) is 6.97. The molecule has 3 heterocycles. The van der Waals surface area contributed by atoms with Crippen molar-refractivity contribution in [3.05, 3.63) is 11.6 Å². The first kappa shape index (κ1) is 24.9. The molecule has 0 aromatic rings. The molecule has 1 saturated carbocycles. The number of fused-ring (bicyclic) bond motifs is 2. The van der Waals surface area contributed by atoms with Gasteiger partial charge < -0.3 is 14.2 Å². The number of rotatable bonds is 7. The van der Waals surface area contributed by atoms with Crippen LogP contribution in [0.3, 0.4) is 0 Å². The van der Waals surface area contributed by atoms with Gasteiger partial charge in [-0.15, -0.1) is 0 Å². The highest BCUT2D eigenvalue weighted by atomic mass is 16.6. The molecule has 4 rings (SSSR count). The van der Waals surface area contributed by atoms with Gasteiger partial charge in [-0.1, -0.05) is 58.1 Å². The van der Waals surface area contributed by atoms with Gasteiger partial charge in [0.15, 0.2) is 0 Å². The third-order valence-electron chi connectivity index (χ3n) is 8.97. The highest BCUT2D eigenvalue weighted by Gasteiger charge is 2.64. The molecule has 33 heavy (non-hydrogen) atoms. The maximum atomic E-state index is 13.4. The fourth-order valence-electron chi connectivity index (χ4n) is 6.97. The maximum absolute atomic E-state index is 13.4. The second kappa shape index (κ2) is 10.2. The van der Waals surface area contributed by atoms with Gasteiger partial charge in [-0.3, -0.25) is 9.59 Å². The van der Waals surface area contributed by atoms with Crippen molar-refractivity contribution in [3.63, 3.8) is 0 Å². The van der Waals surface area contributed by atoms with Crippen molar-refractivity contribution in [3.8, 4) is 0 Å². The number of carbonyl (C=O) groups is 2. The molecule has 0 aromatic heterocycles. The van der Waals surface area contributed by atoms with E-state index in [2.05, 4.69) is 40.7 Å². The highest BCUT2D eigenvalue weighted by Crippen LogP contribution is 2.55. The van der Waals surface area contributed by atoms with Crippen molar-refractivity contribution >= 4 is 11.8 Å². The minimum absolute atomic E-state index is 0.0708. The normalized spacial score (nSPS) is 44.2. The zero-order valence-corrected chi connectivity index (χ0v) is 21.3. The van der Waals surface area contributed by atoms with Crippen LogP contribution in [-0.2, 0) is 23.8 Å². The molecule has 4 aliphatic rings. The van der Waals surface area contributed by atoms with E-state index < -0.39 is 11.7 Å². The Bertz CT molecular complexity index is 759. The van der Waals surface area contributed by atoms with Gasteiger partial charge in [0.25, 0.3) is 0 Å². The summed E-state index contributed by atoms with van der Waals surface area (Å²) in [4.78, 5) is 26.3. The number of unbranched alkanes of at least 4 members (excludes halogenated alkanes) is 4. The summed E-state index contributed by atoms with van der Waals surface area (Å²) in [5, 5.41) is 0. The monoisotopic (exact) mass is 460 g/mol. The van der Waals surface area contributed by atoms with Crippen LogP contribution in [0.5, 0.6) is 0 Å². The number of ether oxygens (including phenoxy) is 3. The number of hydrogen-bond acceptors (Lipinski definition) is 5. The van der Waals surface area contributed by atoms with E-state index in [-0.39, 0.29) is 35.9 Å². The Hall–Kier alpha value is -1.20. The minimum atomic E-state index is -0.749. The summed E-state index contributed by atoms with van der Waals surface area (Å²) in [5.74, 6) is 1.10. The van der Waals surface area contributed by atoms with E-state index in [0.717, 1.165) is 25.7 Å². The third-order valence-corrected chi connectivity index (χ3v) is 8.97. The molecule has 5 nitrogen and oxygen atoms in total. The van der Waals surface area contributed by atoms with E-state index in [0.29, 0.717) is 37.1 Å². The lowest BCUT2D eigenvalue weighted by Gasteiger charge is -2.44. The van der Waals surface area contributed by atoms with Crippen LogP contribution in [0.2, 0.25) is 0 Å². The quantitative estimate of drug-likeness (QED) is 0.279. The molecule has 3 fully saturated rings. The Morgan fingerprint density at radius 3 is 2.73 bits per heavy atom. The van der Waals surface area contributed by atoms with Crippen LogP contribution >= 0.6 is 0 Å². The second-order valence-corrected chi connectivity index (χ2v) is 11.5. The molecular weight excluding hydrogens is 416 g/mol. The van der Waals surface area contributed by atoms with Gasteiger partial charge in [0, 0.05) is 24.7 Å². The summed E-state index contributed by atoms with van der Waals surface area (Å²) >= 11 is 0. The largest absolute Gasteiger partial charge is 0.459 e. The van der Waals surface area contributed by atoms with Crippen molar-refractivity contribution < 1.29 is 23.8 Å². The minimum Gasteiger partial charge on any atom is -0.459 e. The topological polar surface area (TPSA) is 61.8 Å². The average molecular weight is 461 g/mol. The first-order chi connectivity index (χ1) is 15.8. The van der Waals surface area contributed by atoms with Crippen LogP contribution in [0.25, 0.3) is 0 Å². The van der Waals surface area contributed by atoms with E-state index in [4.69, 9.17) is 14.2 Å². The van der Waals surface area contributed by atoms with Crippen molar-refractivity contribution in [1.29, 1.82) is 0 Å². The van der Waals surface area contributed by atoms with Crippen LogP contribution in [0.15, 0.2) is 11.6 Å². The summed E-state index contributed by atoms with van der Waals surface area (Å²) in [6, 6.07) is 0. The van der Waals surface area contributed by atoms with Crippen LogP contribution in [-0.4, -0.2) is 42.3 Å².